The lowest BCUT2D eigenvalue weighted by atomic mass is 10.0. The number of rotatable bonds is 3. The van der Waals surface area contributed by atoms with Crippen LogP contribution in [0.3, 0.4) is 0 Å². The number of carbonyl (C=O) groups excluding carboxylic acids is 1. The van der Waals surface area contributed by atoms with E-state index in [1.54, 1.807) is 16.8 Å². The van der Waals surface area contributed by atoms with Gasteiger partial charge in [-0.05, 0) is 44.4 Å². The van der Waals surface area contributed by atoms with Crippen molar-refractivity contribution in [1.29, 1.82) is 0 Å². The van der Waals surface area contributed by atoms with Gasteiger partial charge in [-0.2, -0.15) is 10.1 Å². The van der Waals surface area contributed by atoms with Gasteiger partial charge in [-0.15, -0.1) is 0 Å². The largest absolute Gasteiger partial charge is 0.292 e. The van der Waals surface area contributed by atoms with E-state index < -0.39 is 0 Å². The molecule has 0 aliphatic carbocycles. The van der Waals surface area contributed by atoms with E-state index in [0.29, 0.717) is 16.9 Å². The molecule has 1 amide bonds. The number of likely N-dealkylation sites (tertiary alicyclic amines) is 1. The van der Waals surface area contributed by atoms with Gasteiger partial charge in [-0.25, -0.2) is 4.68 Å². The summed E-state index contributed by atoms with van der Waals surface area (Å²) in [5.74, 6) is 6.92. The number of aromatic nitrogens is 2. The molecule has 2 aromatic rings. The zero-order valence-electron chi connectivity index (χ0n) is 15.3. The van der Waals surface area contributed by atoms with E-state index in [1.165, 1.54) is 24.2 Å². The summed E-state index contributed by atoms with van der Waals surface area (Å²) in [4.78, 5) is 19.5. The Balaban J connectivity index is 1.67. The number of nitrogens with zero attached hydrogens (tertiary/aromatic N) is 4. The molecular weight excluding hydrogens is 344 g/mol. The first kappa shape index (κ1) is 18.6. The second-order valence-corrected chi connectivity index (χ2v) is 7.84. The van der Waals surface area contributed by atoms with Gasteiger partial charge in [0, 0.05) is 12.1 Å². The Morgan fingerprint density at radius 1 is 1.31 bits per heavy atom. The third-order valence-corrected chi connectivity index (χ3v) is 5.20. The SMILES string of the molecule is Cc1nn(CC#CCN2CCCC(C)C2)c(=NC(=O)c2ccccc2)s1. The lowest BCUT2D eigenvalue weighted by Gasteiger charge is -2.28. The van der Waals surface area contributed by atoms with Gasteiger partial charge in [0.1, 0.15) is 11.6 Å². The number of piperidine rings is 1. The second kappa shape index (κ2) is 8.93. The predicted molar refractivity (Wildman–Crippen MR) is 104 cm³/mol. The van der Waals surface area contributed by atoms with Gasteiger partial charge in [-0.1, -0.05) is 48.3 Å². The molecule has 1 aromatic carbocycles. The van der Waals surface area contributed by atoms with Crippen molar-refractivity contribution >= 4 is 17.2 Å². The molecule has 1 unspecified atom stereocenters. The molecule has 136 valence electrons. The molecule has 1 saturated heterocycles. The number of hydrogen-bond donors (Lipinski definition) is 0. The minimum atomic E-state index is -0.252. The van der Waals surface area contributed by atoms with E-state index in [0.717, 1.165) is 30.6 Å². The molecule has 0 N–H and O–H groups in total. The quantitative estimate of drug-likeness (QED) is 0.783. The molecule has 1 atom stereocenters. The van der Waals surface area contributed by atoms with Crippen molar-refractivity contribution in [2.45, 2.75) is 33.2 Å². The van der Waals surface area contributed by atoms with Crippen LogP contribution in [0.1, 0.15) is 35.1 Å². The summed E-state index contributed by atoms with van der Waals surface area (Å²) in [7, 11) is 0. The number of amides is 1. The number of aryl methyl sites for hydroxylation is 1. The third kappa shape index (κ3) is 5.13. The lowest BCUT2D eigenvalue weighted by molar-refractivity contribution is 0.0997. The number of carbonyl (C=O) groups is 1. The molecule has 0 saturated carbocycles. The molecule has 1 fully saturated rings. The van der Waals surface area contributed by atoms with Crippen molar-refractivity contribution < 1.29 is 4.79 Å². The summed E-state index contributed by atoms with van der Waals surface area (Å²) in [6.45, 7) is 7.72. The fraction of sp³-hybridized carbons (Fsp3) is 0.450. The summed E-state index contributed by atoms with van der Waals surface area (Å²) in [5, 5.41) is 5.30. The maximum absolute atomic E-state index is 12.3. The Labute approximate surface area is 158 Å². The molecule has 1 aliphatic heterocycles. The summed E-state index contributed by atoms with van der Waals surface area (Å²) < 4.78 is 1.71. The Bertz CT molecular complexity index is 872. The standard InChI is InChI=1S/C20H24N4OS/c1-16-9-8-13-23(15-16)12-6-7-14-24-20(26-17(2)22-24)21-19(25)18-10-4-3-5-11-18/h3-5,10-11,16H,8-9,12-15H2,1-2H3. The van der Waals surface area contributed by atoms with E-state index in [4.69, 9.17) is 0 Å². The molecule has 2 heterocycles. The molecule has 1 aromatic heterocycles. The van der Waals surface area contributed by atoms with Crippen molar-refractivity contribution in [3.63, 3.8) is 0 Å². The van der Waals surface area contributed by atoms with E-state index in [2.05, 4.69) is 33.8 Å². The summed E-state index contributed by atoms with van der Waals surface area (Å²) in [6, 6.07) is 9.09. The summed E-state index contributed by atoms with van der Waals surface area (Å²) >= 11 is 1.41. The van der Waals surface area contributed by atoms with Gasteiger partial charge in [-0.3, -0.25) is 9.69 Å². The second-order valence-electron chi connectivity index (χ2n) is 6.68. The minimum Gasteiger partial charge on any atom is -0.292 e. The Morgan fingerprint density at radius 3 is 2.85 bits per heavy atom. The van der Waals surface area contributed by atoms with Crippen molar-refractivity contribution in [2.75, 3.05) is 19.6 Å². The molecule has 1 aliphatic rings. The van der Waals surface area contributed by atoms with E-state index in [1.807, 2.05) is 25.1 Å². The van der Waals surface area contributed by atoms with E-state index >= 15 is 0 Å². The van der Waals surface area contributed by atoms with Crippen LogP contribution in [-0.4, -0.2) is 40.2 Å². The maximum Gasteiger partial charge on any atom is 0.279 e. The Kier molecular flexibility index (Phi) is 6.37. The van der Waals surface area contributed by atoms with Crippen LogP contribution in [0.4, 0.5) is 0 Å². The molecule has 0 spiro atoms. The number of hydrogen-bond acceptors (Lipinski definition) is 4. The molecule has 26 heavy (non-hydrogen) atoms. The van der Waals surface area contributed by atoms with Gasteiger partial charge >= 0.3 is 0 Å². The van der Waals surface area contributed by atoms with Crippen LogP contribution < -0.4 is 4.80 Å². The lowest BCUT2D eigenvalue weighted by Crippen LogP contribution is -2.34. The monoisotopic (exact) mass is 368 g/mol. The van der Waals surface area contributed by atoms with Crippen molar-refractivity contribution in [3.8, 4) is 11.8 Å². The molecule has 6 heteroatoms. The van der Waals surface area contributed by atoms with E-state index in [9.17, 15) is 4.79 Å². The molecular formula is C20H24N4OS. The fourth-order valence-electron chi connectivity index (χ4n) is 3.06. The number of benzene rings is 1. The van der Waals surface area contributed by atoms with Crippen LogP contribution in [0.2, 0.25) is 0 Å². The van der Waals surface area contributed by atoms with Crippen LogP contribution >= 0.6 is 11.3 Å². The third-order valence-electron chi connectivity index (χ3n) is 4.34. The fourth-order valence-corrected chi connectivity index (χ4v) is 3.81. The maximum atomic E-state index is 12.3. The predicted octanol–water partition coefficient (Wildman–Crippen LogP) is 2.73. The first-order valence-electron chi connectivity index (χ1n) is 8.98. The van der Waals surface area contributed by atoms with Crippen LogP contribution in [0.25, 0.3) is 0 Å². The van der Waals surface area contributed by atoms with E-state index in [-0.39, 0.29) is 5.91 Å². The highest BCUT2D eigenvalue weighted by Gasteiger charge is 2.14. The van der Waals surface area contributed by atoms with Crippen LogP contribution in [-0.2, 0) is 6.54 Å². The highest BCUT2D eigenvalue weighted by Crippen LogP contribution is 2.14. The molecule has 3 rings (SSSR count). The first-order chi connectivity index (χ1) is 12.6. The Morgan fingerprint density at radius 2 is 2.08 bits per heavy atom. The molecule has 0 radical (unpaired) electrons. The summed E-state index contributed by atoms with van der Waals surface area (Å²) in [6.07, 6.45) is 2.58. The van der Waals surface area contributed by atoms with Gasteiger partial charge in [0.05, 0.1) is 6.54 Å². The zero-order chi connectivity index (χ0) is 18.4. The average molecular weight is 369 g/mol. The Hall–Kier alpha value is -2.23. The van der Waals surface area contributed by atoms with Gasteiger partial charge in [0.25, 0.3) is 5.91 Å². The summed E-state index contributed by atoms with van der Waals surface area (Å²) in [5.41, 5.74) is 0.579. The molecule has 0 bridgehead atoms. The zero-order valence-corrected chi connectivity index (χ0v) is 16.1. The van der Waals surface area contributed by atoms with Crippen molar-refractivity contribution in [3.05, 3.63) is 45.7 Å². The minimum absolute atomic E-state index is 0.252. The highest BCUT2D eigenvalue weighted by atomic mass is 32.1. The normalized spacial score (nSPS) is 18.4. The van der Waals surface area contributed by atoms with Gasteiger partial charge in [0.15, 0.2) is 0 Å². The van der Waals surface area contributed by atoms with Gasteiger partial charge < -0.3 is 0 Å². The topological polar surface area (TPSA) is 50.5 Å². The van der Waals surface area contributed by atoms with Crippen molar-refractivity contribution in [1.82, 2.24) is 14.7 Å². The average Bonchev–Trinajstić information content (AvgIpc) is 2.99. The van der Waals surface area contributed by atoms with Gasteiger partial charge in [0.2, 0.25) is 4.80 Å². The smallest absolute Gasteiger partial charge is 0.279 e. The van der Waals surface area contributed by atoms with Crippen LogP contribution in [0, 0.1) is 24.7 Å². The van der Waals surface area contributed by atoms with Crippen molar-refractivity contribution in [2.24, 2.45) is 10.9 Å². The van der Waals surface area contributed by atoms with Crippen LogP contribution in [0.5, 0.6) is 0 Å². The first-order valence-corrected chi connectivity index (χ1v) is 9.80. The molecule has 5 nitrogen and oxygen atoms in total. The van der Waals surface area contributed by atoms with Crippen LogP contribution in [0.15, 0.2) is 35.3 Å². The highest BCUT2D eigenvalue weighted by molar-refractivity contribution is 7.08.